The summed E-state index contributed by atoms with van der Waals surface area (Å²) >= 11 is 0. The molecule has 4 aromatic carbocycles. The standard InChI is InChI=1S/C22H24P.C14H22O4S/c1-19(2)18-23(20-12-6-3-7-13-20,21-14-8-4-9-15-21)22-16-10-5-11-17-22;1-13(2,3)10-7-9(19(16,17)18)8-11(12(10)15)14(4,5)6/h3-17,19H,18H2,1-2H3;7-8,15H,1-6H3,(H,16,17,18)/q+1;/p-1. The Hall–Kier alpha value is -2.98. The molecule has 4 aromatic rings. The van der Waals surface area contributed by atoms with E-state index in [0.29, 0.717) is 17.0 Å². The summed E-state index contributed by atoms with van der Waals surface area (Å²) in [5.74, 6) is 0.705. The molecule has 0 fully saturated rings. The Labute approximate surface area is 253 Å². The van der Waals surface area contributed by atoms with Gasteiger partial charge in [0.15, 0.2) is 0 Å². The zero-order valence-electron chi connectivity index (χ0n) is 26.1. The van der Waals surface area contributed by atoms with E-state index >= 15 is 0 Å². The summed E-state index contributed by atoms with van der Waals surface area (Å²) in [4.78, 5) is -0.292. The van der Waals surface area contributed by atoms with Gasteiger partial charge in [-0.05, 0) is 65.3 Å². The predicted molar refractivity (Wildman–Crippen MR) is 178 cm³/mol. The van der Waals surface area contributed by atoms with Crippen molar-refractivity contribution in [3.63, 3.8) is 0 Å². The normalized spacial score (nSPS) is 12.5. The van der Waals surface area contributed by atoms with E-state index in [9.17, 15) is 18.1 Å². The number of aromatic hydroxyl groups is 1. The van der Waals surface area contributed by atoms with Crippen molar-refractivity contribution in [2.24, 2.45) is 5.92 Å². The zero-order chi connectivity index (χ0) is 31.3. The molecule has 0 bridgehead atoms. The van der Waals surface area contributed by atoms with Crippen molar-refractivity contribution < 1.29 is 18.1 Å². The van der Waals surface area contributed by atoms with Crippen LogP contribution in [-0.2, 0) is 20.9 Å². The van der Waals surface area contributed by atoms with E-state index in [1.54, 1.807) is 0 Å². The molecule has 0 amide bonds. The Bertz CT molecular complexity index is 1420. The maximum Gasteiger partial charge on any atom is 0.124 e. The minimum Gasteiger partial charge on any atom is -0.744 e. The fourth-order valence-electron chi connectivity index (χ4n) is 5.25. The number of hydrogen-bond donors (Lipinski definition) is 1. The molecule has 0 spiro atoms. The van der Waals surface area contributed by atoms with Crippen LogP contribution in [0.1, 0.15) is 66.5 Å². The number of phenols is 1. The van der Waals surface area contributed by atoms with Gasteiger partial charge in [-0.3, -0.25) is 0 Å². The number of benzene rings is 4. The van der Waals surface area contributed by atoms with Gasteiger partial charge in [0.05, 0.1) is 11.1 Å². The summed E-state index contributed by atoms with van der Waals surface area (Å²) < 4.78 is 33.8. The minimum atomic E-state index is -4.55. The molecule has 0 radical (unpaired) electrons. The first-order valence-electron chi connectivity index (χ1n) is 14.4. The molecule has 0 saturated heterocycles. The van der Waals surface area contributed by atoms with E-state index in [2.05, 4.69) is 105 Å². The molecule has 0 aromatic heterocycles. The fraction of sp³-hybridized carbons (Fsp3) is 0.333. The van der Waals surface area contributed by atoms with E-state index < -0.39 is 28.2 Å². The number of hydrogen-bond acceptors (Lipinski definition) is 4. The molecule has 4 nitrogen and oxygen atoms in total. The Morgan fingerprint density at radius 1 is 0.667 bits per heavy atom. The fourth-order valence-corrected chi connectivity index (χ4v) is 10.4. The minimum absolute atomic E-state index is 0.0624. The quantitative estimate of drug-likeness (QED) is 0.182. The summed E-state index contributed by atoms with van der Waals surface area (Å²) in [6, 6.07) is 35.8. The predicted octanol–water partition coefficient (Wildman–Crippen LogP) is 7.53. The third kappa shape index (κ3) is 7.89. The number of phenolic OH excluding ortho intramolecular Hbond substituents is 1. The summed E-state index contributed by atoms with van der Waals surface area (Å²) in [7, 11) is -6.16. The average molecular weight is 605 g/mol. The second-order valence-corrected chi connectivity index (χ2v) is 18.1. The second-order valence-electron chi connectivity index (χ2n) is 13.2. The SMILES string of the molecule is CC(C)(C)c1cc(S(=O)(=O)[O-])cc(C(C)(C)C)c1O.CC(C)C[P+](c1ccccc1)(c1ccccc1)c1ccccc1. The maximum absolute atomic E-state index is 11.3. The lowest BCUT2D eigenvalue weighted by Gasteiger charge is -2.29. The first kappa shape index (κ1) is 33.5. The summed E-state index contributed by atoms with van der Waals surface area (Å²) in [6.07, 6.45) is 1.20. The Kier molecular flexibility index (Phi) is 10.5. The number of rotatable bonds is 6. The van der Waals surface area contributed by atoms with Crippen molar-refractivity contribution in [3.8, 4) is 5.75 Å². The third-order valence-electron chi connectivity index (χ3n) is 7.22. The van der Waals surface area contributed by atoms with Gasteiger partial charge in [-0.1, -0.05) is 110 Å². The van der Waals surface area contributed by atoms with Crippen molar-refractivity contribution in [2.75, 3.05) is 6.16 Å². The average Bonchev–Trinajstić information content (AvgIpc) is 2.91. The Morgan fingerprint density at radius 2 is 0.976 bits per heavy atom. The van der Waals surface area contributed by atoms with Gasteiger partial charge in [0.2, 0.25) is 0 Å². The molecule has 0 aliphatic rings. The highest BCUT2D eigenvalue weighted by atomic mass is 32.2. The lowest BCUT2D eigenvalue weighted by Crippen LogP contribution is -2.34. The highest BCUT2D eigenvalue weighted by Crippen LogP contribution is 2.56. The Morgan fingerprint density at radius 3 is 1.21 bits per heavy atom. The van der Waals surface area contributed by atoms with Crippen molar-refractivity contribution in [2.45, 2.75) is 71.1 Å². The Balaban J connectivity index is 0.000000236. The molecule has 0 aliphatic carbocycles. The zero-order valence-corrected chi connectivity index (χ0v) is 27.8. The topological polar surface area (TPSA) is 77.4 Å². The molecule has 0 heterocycles. The molecule has 0 atom stereocenters. The van der Waals surface area contributed by atoms with E-state index in [-0.39, 0.29) is 10.6 Å². The summed E-state index contributed by atoms with van der Waals surface area (Å²) in [5, 5.41) is 14.8. The van der Waals surface area contributed by atoms with Crippen LogP contribution in [0.15, 0.2) is 108 Å². The van der Waals surface area contributed by atoms with E-state index in [0.717, 1.165) is 0 Å². The van der Waals surface area contributed by atoms with Crippen molar-refractivity contribution >= 4 is 33.3 Å². The van der Waals surface area contributed by atoms with Gasteiger partial charge < -0.3 is 9.66 Å². The van der Waals surface area contributed by atoms with Crippen LogP contribution < -0.4 is 15.9 Å². The van der Waals surface area contributed by atoms with Crippen LogP contribution >= 0.6 is 7.26 Å². The monoisotopic (exact) mass is 604 g/mol. The van der Waals surface area contributed by atoms with Crippen LogP contribution in [0.25, 0.3) is 0 Å². The molecule has 4 rings (SSSR count). The lowest BCUT2D eigenvalue weighted by atomic mass is 9.79. The van der Waals surface area contributed by atoms with Gasteiger partial charge in [0, 0.05) is 11.1 Å². The second kappa shape index (κ2) is 13.1. The molecule has 0 unspecified atom stereocenters. The van der Waals surface area contributed by atoms with Crippen LogP contribution in [-0.4, -0.2) is 24.2 Å². The van der Waals surface area contributed by atoms with Gasteiger partial charge in [-0.15, -0.1) is 0 Å². The largest absolute Gasteiger partial charge is 0.744 e. The summed E-state index contributed by atoms with van der Waals surface area (Å²) in [6.45, 7) is 15.8. The molecule has 42 heavy (non-hydrogen) atoms. The molecule has 6 heteroatoms. The summed E-state index contributed by atoms with van der Waals surface area (Å²) in [5.41, 5.74) is 0.0268. The molecule has 224 valence electrons. The van der Waals surface area contributed by atoms with Crippen LogP contribution in [0.2, 0.25) is 0 Å². The highest BCUT2D eigenvalue weighted by molar-refractivity contribution is 7.95. The van der Waals surface area contributed by atoms with Crippen LogP contribution in [0.3, 0.4) is 0 Å². The third-order valence-corrected chi connectivity index (χ3v) is 12.8. The van der Waals surface area contributed by atoms with Gasteiger partial charge in [0.25, 0.3) is 0 Å². The maximum atomic E-state index is 11.3. The van der Waals surface area contributed by atoms with Crippen molar-refractivity contribution in [3.05, 3.63) is 114 Å². The molecular weight excluding hydrogens is 559 g/mol. The van der Waals surface area contributed by atoms with Gasteiger partial charge in [-0.2, -0.15) is 0 Å². The molecule has 0 aliphatic heterocycles. The van der Waals surface area contributed by atoms with Gasteiger partial charge >= 0.3 is 0 Å². The first-order chi connectivity index (χ1) is 19.5. The van der Waals surface area contributed by atoms with Crippen LogP contribution in [0.5, 0.6) is 5.75 Å². The van der Waals surface area contributed by atoms with E-state index in [1.807, 2.05) is 41.5 Å². The van der Waals surface area contributed by atoms with Crippen molar-refractivity contribution in [1.82, 2.24) is 0 Å². The first-order valence-corrected chi connectivity index (χ1v) is 17.7. The van der Waals surface area contributed by atoms with Gasteiger partial charge in [0.1, 0.15) is 39.0 Å². The van der Waals surface area contributed by atoms with Crippen LogP contribution in [0, 0.1) is 5.92 Å². The van der Waals surface area contributed by atoms with E-state index in [4.69, 9.17) is 0 Å². The van der Waals surface area contributed by atoms with Gasteiger partial charge in [-0.25, -0.2) is 8.42 Å². The molecular formula is C36H45O4PS. The van der Waals surface area contributed by atoms with Crippen LogP contribution in [0.4, 0.5) is 0 Å². The van der Waals surface area contributed by atoms with E-state index in [1.165, 1.54) is 34.2 Å². The molecule has 1 N–H and O–H groups in total. The highest BCUT2D eigenvalue weighted by Gasteiger charge is 2.45. The smallest absolute Gasteiger partial charge is 0.124 e. The van der Waals surface area contributed by atoms with Crippen molar-refractivity contribution in [1.29, 1.82) is 0 Å². The lowest BCUT2D eigenvalue weighted by molar-refractivity contribution is 0.420. The molecule has 0 saturated carbocycles.